The van der Waals surface area contributed by atoms with Crippen molar-refractivity contribution in [3.63, 3.8) is 0 Å². The molecule has 2 aromatic heterocycles. The van der Waals surface area contributed by atoms with Gasteiger partial charge in [-0.25, -0.2) is 4.57 Å². The Morgan fingerprint density at radius 2 is 1.46 bits per heavy atom. The van der Waals surface area contributed by atoms with E-state index in [9.17, 15) is 5.26 Å². The van der Waals surface area contributed by atoms with Crippen LogP contribution >= 0.6 is 0 Å². The van der Waals surface area contributed by atoms with Gasteiger partial charge in [0.05, 0.1) is 17.2 Å². The van der Waals surface area contributed by atoms with Crippen LogP contribution in [0, 0.1) is 18.3 Å². The van der Waals surface area contributed by atoms with Crippen LogP contribution in [0.3, 0.4) is 0 Å². The molecule has 0 unspecified atom stereocenters. The topological polar surface area (TPSA) is 40.8 Å². The van der Waals surface area contributed by atoms with Crippen LogP contribution in [0.1, 0.15) is 11.1 Å². The van der Waals surface area contributed by atoms with Crippen molar-refractivity contribution >= 4 is 43.5 Å². The lowest BCUT2D eigenvalue weighted by Gasteiger charge is -2.11. The van der Waals surface area contributed by atoms with Gasteiger partial charge in [0.2, 0.25) is 5.69 Å². The molecule has 0 fully saturated rings. The first kappa shape index (κ1) is 21.4. The summed E-state index contributed by atoms with van der Waals surface area (Å²) in [7, 11) is 2.05. The quantitative estimate of drug-likeness (QED) is 0.187. The molecule has 0 spiro atoms. The predicted octanol–water partition coefficient (Wildman–Crippen LogP) is 8.23. The average Bonchev–Trinajstić information content (AvgIpc) is 3.32. The molecule has 0 aliphatic heterocycles. The van der Waals surface area contributed by atoms with Gasteiger partial charge in [-0.05, 0) is 63.9 Å². The molecule has 0 atom stereocenters. The Balaban J connectivity index is 1.65. The number of benzene rings is 5. The van der Waals surface area contributed by atoms with Gasteiger partial charge in [0.1, 0.15) is 18.2 Å². The smallest absolute Gasteiger partial charge is 0.216 e. The number of aryl methyl sites for hydroxylation is 2. The fraction of sp³-hybridized carbons (Fsp3) is 0.0588. The summed E-state index contributed by atoms with van der Waals surface area (Å²) < 4.78 is 8.91. The molecule has 3 heteroatoms. The number of pyridine rings is 1. The zero-order valence-corrected chi connectivity index (χ0v) is 20.6. The van der Waals surface area contributed by atoms with Crippen molar-refractivity contribution in [3.8, 4) is 28.5 Å². The molecule has 0 N–H and O–H groups in total. The van der Waals surface area contributed by atoms with E-state index in [1.54, 1.807) is 0 Å². The zero-order valence-electron chi connectivity index (χ0n) is 20.6. The Hall–Kier alpha value is -4.94. The molecule has 3 nitrogen and oxygen atoms in total. The maximum absolute atomic E-state index is 10.1. The molecule has 7 rings (SSSR count). The molecule has 174 valence electrons. The van der Waals surface area contributed by atoms with Gasteiger partial charge in [-0.15, -0.1) is 0 Å². The van der Waals surface area contributed by atoms with E-state index in [4.69, 9.17) is 4.42 Å². The van der Waals surface area contributed by atoms with Crippen molar-refractivity contribution in [1.29, 1.82) is 5.26 Å². The molecule has 0 aliphatic rings. The van der Waals surface area contributed by atoms with Crippen LogP contribution in [0.15, 0.2) is 108 Å². The Morgan fingerprint density at radius 3 is 2.27 bits per heavy atom. The molecule has 0 bridgehead atoms. The van der Waals surface area contributed by atoms with Crippen LogP contribution < -0.4 is 4.57 Å². The number of hydrogen-bond acceptors (Lipinski definition) is 2. The summed E-state index contributed by atoms with van der Waals surface area (Å²) >= 11 is 0. The van der Waals surface area contributed by atoms with Gasteiger partial charge in [-0.3, -0.25) is 0 Å². The summed E-state index contributed by atoms with van der Waals surface area (Å²) in [5.41, 5.74) is 7.53. The molecule has 5 aromatic carbocycles. The zero-order chi connectivity index (χ0) is 25.1. The van der Waals surface area contributed by atoms with Crippen molar-refractivity contribution in [2.75, 3.05) is 0 Å². The molecule has 2 heterocycles. The molecular formula is C34H23N2O+. The minimum Gasteiger partial charge on any atom is -0.454 e. The van der Waals surface area contributed by atoms with Crippen molar-refractivity contribution in [3.05, 3.63) is 114 Å². The number of aromatic nitrogens is 1. The highest BCUT2D eigenvalue weighted by molar-refractivity contribution is 6.19. The van der Waals surface area contributed by atoms with E-state index >= 15 is 0 Å². The monoisotopic (exact) mass is 475 g/mol. The summed E-state index contributed by atoms with van der Waals surface area (Å²) in [5.74, 6) is 0. The Labute approximate surface area is 214 Å². The highest BCUT2D eigenvalue weighted by Crippen LogP contribution is 2.44. The summed E-state index contributed by atoms with van der Waals surface area (Å²) in [6.45, 7) is 2.11. The van der Waals surface area contributed by atoms with Crippen molar-refractivity contribution < 1.29 is 8.98 Å². The summed E-state index contributed by atoms with van der Waals surface area (Å²) in [6.07, 6.45) is 2.05. The van der Waals surface area contributed by atoms with Crippen LogP contribution in [0.25, 0.3) is 65.9 Å². The van der Waals surface area contributed by atoms with Gasteiger partial charge in [0.25, 0.3) is 0 Å². The van der Waals surface area contributed by atoms with Crippen molar-refractivity contribution in [2.45, 2.75) is 6.92 Å². The second-order valence-corrected chi connectivity index (χ2v) is 9.60. The van der Waals surface area contributed by atoms with Gasteiger partial charge in [0.15, 0.2) is 6.20 Å². The summed E-state index contributed by atoms with van der Waals surface area (Å²) in [5, 5.41) is 16.7. The van der Waals surface area contributed by atoms with E-state index in [0.717, 1.165) is 49.9 Å². The molecule has 7 aromatic rings. The number of furan rings is 1. The minimum atomic E-state index is 0.620. The number of rotatable bonds is 2. The first-order valence-electron chi connectivity index (χ1n) is 12.4. The van der Waals surface area contributed by atoms with Crippen LogP contribution in [-0.2, 0) is 7.05 Å². The van der Waals surface area contributed by atoms with Gasteiger partial charge < -0.3 is 4.42 Å². The fourth-order valence-electron chi connectivity index (χ4n) is 5.73. The average molecular weight is 476 g/mol. The number of nitriles is 1. The van der Waals surface area contributed by atoms with E-state index < -0.39 is 0 Å². The van der Waals surface area contributed by atoms with Crippen LogP contribution in [-0.4, -0.2) is 0 Å². The first-order chi connectivity index (χ1) is 18.2. The Bertz CT molecular complexity index is 2070. The highest BCUT2D eigenvalue weighted by atomic mass is 16.3. The maximum Gasteiger partial charge on any atom is 0.216 e. The third-order valence-electron chi connectivity index (χ3n) is 7.49. The van der Waals surface area contributed by atoms with Gasteiger partial charge in [-0.2, -0.15) is 5.26 Å². The molecule has 0 saturated carbocycles. The number of nitrogens with zero attached hydrogens (tertiary/aromatic N) is 2. The van der Waals surface area contributed by atoms with E-state index in [2.05, 4.69) is 90.4 Å². The maximum atomic E-state index is 10.1. The summed E-state index contributed by atoms with van der Waals surface area (Å²) in [4.78, 5) is 0. The SMILES string of the molecule is Cc1ccc2c(oc3c(-c4cc5ccccc5c5ccccc45)ccc(C#N)c32)c1-c1cccc[n+]1C. The molecule has 37 heavy (non-hydrogen) atoms. The molecular weight excluding hydrogens is 452 g/mol. The van der Waals surface area contributed by atoms with Gasteiger partial charge in [-0.1, -0.05) is 60.7 Å². The van der Waals surface area contributed by atoms with E-state index in [-0.39, 0.29) is 0 Å². The van der Waals surface area contributed by atoms with E-state index in [1.807, 2.05) is 37.5 Å². The highest BCUT2D eigenvalue weighted by Gasteiger charge is 2.23. The standard InChI is InChI=1S/C34H23N2O/c1-21-14-16-28-32-23(20-35)15-17-27(33(32)37-34(28)31(21)30-13-7-8-18-36(30)2)29-19-22-9-3-4-10-24(22)25-11-5-6-12-26(25)29/h3-19H,1-2H3/q+1. The second-order valence-electron chi connectivity index (χ2n) is 9.60. The first-order valence-corrected chi connectivity index (χ1v) is 12.4. The lowest BCUT2D eigenvalue weighted by Crippen LogP contribution is -2.30. The summed E-state index contributed by atoms with van der Waals surface area (Å²) in [6, 6.07) is 36.0. The lowest BCUT2D eigenvalue weighted by molar-refractivity contribution is -0.660. The van der Waals surface area contributed by atoms with Gasteiger partial charge in [0, 0.05) is 28.5 Å². The van der Waals surface area contributed by atoms with Gasteiger partial charge >= 0.3 is 0 Å². The molecule has 0 amide bonds. The largest absolute Gasteiger partial charge is 0.454 e. The van der Waals surface area contributed by atoms with Crippen LogP contribution in [0.5, 0.6) is 0 Å². The minimum absolute atomic E-state index is 0.620. The lowest BCUT2D eigenvalue weighted by atomic mass is 9.91. The Kier molecular flexibility index (Phi) is 4.64. The predicted molar refractivity (Wildman–Crippen MR) is 150 cm³/mol. The van der Waals surface area contributed by atoms with E-state index in [1.165, 1.54) is 21.5 Å². The third kappa shape index (κ3) is 3.09. The fourth-order valence-corrected chi connectivity index (χ4v) is 5.73. The number of fused-ring (bicyclic) bond motifs is 6. The van der Waals surface area contributed by atoms with Crippen molar-refractivity contribution in [1.82, 2.24) is 0 Å². The third-order valence-corrected chi connectivity index (χ3v) is 7.49. The molecule has 0 aliphatic carbocycles. The van der Waals surface area contributed by atoms with E-state index in [0.29, 0.717) is 5.56 Å². The van der Waals surface area contributed by atoms with Crippen molar-refractivity contribution in [2.24, 2.45) is 7.05 Å². The second kappa shape index (κ2) is 8.05. The molecule has 0 saturated heterocycles. The number of hydrogen-bond donors (Lipinski definition) is 0. The normalized spacial score (nSPS) is 11.5. The molecule has 0 radical (unpaired) electrons. The van der Waals surface area contributed by atoms with Crippen LogP contribution in [0.4, 0.5) is 0 Å². The van der Waals surface area contributed by atoms with Crippen LogP contribution in [0.2, 0.25) is 0 Å². The Morgan fingerprint density at radius 1 is 0.703 bits per heavy atom.